The van der Waals surface area contributed by atoms with Gasteiger partial charge < -0.3 is 5.32 Å². The number of carbonyl (C=O) groups excluding carboxylic acids is 2. The SMILES string of the molecule is O=C(NC1c2ccccc2CC1(F)F)C1CC(=O)N(c2nccs2)C1. The summed E-state index contributed by atoms with van der Waals surface area (Å²) in [5.41, 5.74) is 0.992. The average Bonchev–Trinajstić information content (AvgIpc) is 3.26. The summed E-state index contributed by atoms with van der Waals surface area (Å²) < 4.78 is 28.6. The van der Waals surface area contributed by atoms with Gasteiger partial charge in [-0.1, -0.05) is 24.3 Å². The Labute approximate surface area is 146 Å². The van der Waals surface area contributed by atoms with Crippen LogP contribution in [0.4, 0.5) is 13.9 Å². The van der Waals surface area contributed by atoms with Crippen molar-refractivity contribution < 1.29 is 18.4 Å². The summed E-state index contributed by atoms with van der Waals surface area (Å²) in [7, 11) is 0. The van der Waals surface area contributed by atoms with Crippen molar-refractivity contribution in [1.82, 2.24) is 10.3 Å². The van der Waals surface area contributed by atoms with E-state index in [-0.39, 0.29) is 25.3 Å². The number of hydrogen-bond donors (Lipinski definition) is 1. The topological polar surface area (TPSA) is 62.3 Å². The van der Waals surface area contributed by atoms with Gasteiger partial charge in [0.25, 0.3) is 5.92 Å². The standard InChI is InChI=1S/C17H15F2N3O2S/c18-17(19)8-10-3-1-2-4-12(10)14(17)21-15(24)11-7-13(23)22(9-11)16-20-5-6-25-16/h1-6,11,14H,7-9H2,(H,21,24). The van der Waals surface area contributed by atoms with Crippen LogP contribution in [0.1, 0.15) is 23.6 Å². The molecule has 1 aliphatic carbocycles. The van der Waals surface area contributed by atoms with Crippen molar-refractivity contribution in [2.24, 2.45) is 5.92 Å². The lowest BCUT2D eigenvalue weighted by Gasteiger charge is -2.23. The van der Waals surface area contributed by atoms with Crippen LogP contribution in [0.15, 0.2) is 35.8 Å². The Morgan fingerprint density at radius 3 is 2.92 bits per heavy atom. The minimum absolute atomic E-state index is 0.00531. The van der Waals surface area contributed by atoms with E-state index in [9.17, 15) is 18.4 Å². The van der Waals surface area contributed by atoms with E-state index >= 15 is 0 Å². The largest absolute Gasteiger partial charge is 0.343 e. The molecule has 0 bridgehead atoms. The lowest BCUT2D eigenvalue weighted by Crippen LogP contribution is -2.41. The molecule has 25 heavy (non-hydrogen) atoms. The molecule has 5 nitrogen and oxygen atoms in total. The van der Waals surface area contributed by atoms with Crippen molar-refractivity contribution in [1.29, 1.82) is 0 Å². The van der Waals surface area contributed by atoms with Crippen LogP contribution in [-0.2, 0) is 16.0 Å². The highest BCUT2D eigenvalue weighted by molar-refractivity contribution is 7.13. The zero-order valence-electron chi connectivity index (χ0n) is 13.1. The van der Waals surface area contributed by atoms with Crippen molar-refractivity contribution in [3.63, 3.8) is 0 Å². The third kappa shape index (κ3) is 2.80. The zero-order chi connectivity index (χ0) is 17.6. The third-order valence-electron chi connectivity index (χ3n) is 4.65. The molecule has 1 saturated heterocycles. The van der Waals surface area contributed by atoms with Gasteiger partial charge >= 0.3 is 0 Å². The number of aromatic nitrogens is 1. The Hall–Kier alpha value is -2.35. The molecule has 0 saturated carbocycles. The molecule has 1 aliphatic heterocycles. The second-order valence-corrected chi connectivity index (χ2v) is 7.17. The fraction of sp³-hybridized carbons (Fsp3) is 0.353. The van der Waals surface area contributed by atoms with Crippen LogP contribution < -0.4 is 10.2 Å². The summed E-state index contributed by atoms with van der Waals surface area (Å²) in [4.78, 5) is 30.1. The molecular weight excluding hydrogens is 348 g/mol. The predicted octanol–water partition coefficient (Wildman–Crippen LogP) is 2.54. The van der Waals surface area contributed by atoms with Crippen LogP contribution in [-0.4, -0.2) is 29.3 Å². The van der Waals surface area contributed by atoms with Gasteiger partial charge in [0.1, 0.15) is 6.04 Å². The number of hydrogen-bond acceptors (Lipinski definition) is 4. The van der Waals surface area contributed by atoms with Crippen molar-refractivity contribution in [2.45, 2.75) is 24.8 Å². The zero-order valence-corrected chi connectivity index (χ0v) is 13.9. The summed E-state index contributed by atoms with van der Waals surface area (Å²) >= 11 is 1.30. The number of anilines is 1. The Morgan fingerprint density at radius 1 is 1.36 bits per heavy atom. The smallest absolute Gasteiger partial charge is 0.275 e. The van der Waals surface area contributed by atoms with E-state index in [1.54, 1.807) is 35.8 Å². The first kappa shape index (κ1) is 16.1. The average molecular weight is 363 g/mol. The Kier molecular flexibility index (Phi) is 3.79. The van der Waals surface area contributed by atoms with E-state index in [1.165, 1.54) is 16.2 Å². The van der Waals surface area contributed by atoms with Gasteiger partial charge in [0.15, 0.2) is 5.13 Å². The van der Waals surface area contributed by atoms with Gasteiger partial charge in [-0.15, -0.1) is 11.3 Å². The summed E-state index contributed by atoms with van der Waals surface area (Å²) in [6, 6.07) is 5.31. The number of alkyl halides is 2. The molecule has 1 aromatic carbocycles. The molecule has 2 aliphatic rings. The number of nitrogens with zero attached hydrogens (tertiary/aromatic N) is 2. The number of halogens is 2. The third-order valence-corrected chi connectivity index (χ3v) is 5.44. The van der Waals surface area contributed by atoms with E-state index in [1.807, 2.05) is 0 Å². The number of amides is 2. The molecule has 1 fully saturated rings. The van der Waals surface area contributed by atoms with E-state index in [0.717, 1.165) is 0 Å². The Morgan fingerprint density at radius 2 is 2.16 bits per heavy atom. The van der Waals surface area contributed by atoms with Gasteiger partial charge in [0.2, 0.25) is 11.8 Å². The molecule has 2 heterocycles. The van der Waals surface area contributed by atoms with E-state index < -0.39 is 23.8 Å². The Bertz CT molecular complexity index is 825. The predicted molar refractivity (Wildman–Crippen MR) is 88.6 cm³/mol. The first-order valence-corrected chi connectivity index (χ1v) is 8.79. The van der Waals surface area contributed by atoms with Crippen molar-refractivity contribution in [3.05, 3.63) is 47.0 Å². The fourth-order valence-electron chi connectivity index (χ4n) is 3.42. The van der Waals surface area contributed by atoms with Crippen LogP contribution in [0.25, 0.3) is 0 Å². The highest BCUT2D eigenvalue weighted by Gasteiger charge is 2.49. The van der Waals surface area contributed by atoms with Crippen LogP contribution >= 0.6 is 11.3 Å². The van der Waals surface area contributed by atoms with Crippen molar-refractivity contribution >= 4 is 28.3 Å². The molecule has 2 amide bonds. The summed E-state index contributed by atoms with van der Waals surface area (Å²) in [6.07, 6.45) is 1.20. The van der Waals surface area contributed by atoms with Crippen LogP contribution in [0.2, 0.25) is 0 Å². The molecular formula is C17H15F2N3O2S. The van der Waals surface area contributed by atoms with E-state index in [4.69, 9.17) is 0 Å². The highest BCUT2D eigenvalue weighted by atomic mass is 32.1. The molecule has 2 aromatic rings. The molecule has 1 N–H and O–H groups in total. The van der Waals surface area contributed by atoms with Gasteiger partial charge in [0.05, 0.1) is 5.92 Å². The number of carbonyl (C=O) groups is 2. The van der Waals surface area contributed by atoms with Crippen LogP contribution in [0.5, 0.6) is 0 Å². The quantitative estimate of drug-likeness (QED) is 0.912. The van der Waals surface area contributed by atoms with Gasteiger partial charge in [-0.3, -0.25) is 14.5 Å². The monoisotopic (exact) mass is 363 g/mol. The van der Waals surface area contributed by atoms with Crippen molar-refractivity contribution in [2.75, 3.05) is 11.4 Å². The van der Waals surface area contributed by atoms with Gasteiger partial charge in [0, 0.05) is 31.0 Å². The molecule has 4 rings (SSSR count). The second-order valence-electron chi connectivity index (χ2n) is 6.30. The van der Waals surface area contributed by atoms with E-state index in [0.29, 0.717) is 16.3 Å². The molecule has 0 spiro atoms. The number of rotatable bonds is 3. The minimum atomic E-state index is -3.03. The molecule has 130 valence electrons. The lowest BCUT2D eigenvalue weighted by atomic mass is 10.0. The van der Waals surface area contributed by atoms with Crippen molar-refractivity contribution in [3.8, 4) is 0 Å². The molecule has 2 atom stereocenters. The number of fused-ring (bicyclic) bond motifs is 1. The second kappa shape index (κ2) is 5.87. The normalized spacial score (nSPS) is 24.4. The summed E-state index contributed by atoms with van der Waals surface area (Å²) in [5, 5.41) is 4.74. The minimum Gasteiger partial charge on any atom is -0.343 e. The molecule has 1 aromatic heterocycles. The molecule has 2 unspecified atom stereocenters. The highest BCUT2D eigenvalue weighted by Crippen LogP contribution is 2.43. The maximum atomic E-state index is 14.3. The van der Waals surface area contributed by atoms with Gasteiger partial charge in [-0.25, -0.2) is 13.8 Å². The first-order valence-electron chi connectivity index (χ1n) is 7.91. The van der Waals surface area contributed by atoms with Crippen LogP contribution in [0, 0.1) is 5.92 Å². The van der Waals surface area contributed by atoms with E-state index in [2.05, 4.69) is 10.3 Å². The maximum absolute atomic E-state index is 14.3. The summed E-state index contributed by atoms with van der Waals surface area (Å²) in [6.45, 7) is 0.165. The first-order chi connectivity index (χ1) is 12.0. The number of benzene rings is 1. The van der Waals surface area contributed by atoms with Crippen LogP contribution in [0.3, 0.4) is 0 Å². The van der Waals surface area contributed by atoms with Gasteiger partial charge in [-0.2, -0.15) is 0 Å². The molecule has 8 heteroatoms. The Balaban J connectivity index is 1.50. The van der Waals surface area contributed by atoms with Gasteiger partial charge in [-0.05, 0) is 11.1 Å². The number of nitrogens with one attached hydrogen (secondary N) is 1. The number of thiazole rings is 1. The fourth-order valence-corrected chi connectivity index (χ4v) is 4.09. The molecule has 0 radical (unpaired) electrons. The lowest BCUT2D eigenvalue weighted by molar-refractivity contribution is -0.130. The summed E-state index contributed by atoms with van der Waals surface area (Å²) in [5.74, 6) is -4.42. The maximum Gasteiger partial charge on any atom is 0.275 e.